The molecule has 0 fully saturated rings. The number of rotatable bonds is 8. The van der Waals surface area contributed by atoms with Crippen LogP contribution in [-0.4, -0.2) is 27.2 Å². The predicted octanol–water partition coefficient (Wildman–Crippen LogP) is 6.26. The zero-order valence-electron chi connectivity index (χ0n) is 20.1. The molecule has 3 aromatic carbocycles. The summed E-state index contributed by atoms with van der Waals surface area (Å²) >= 11 is 0. The van der Waals surface area contributed by atoms with Crippen LogP contribution in [0.5, 0.6) is 0 Å². The maximum absolute atomic E-state index is 3.60. The molecule has 4 nitrogen and oxygen atoms in total. The molecule has 0 radical (unpaired) electrons. The summed E-state index contributed by atoms with van der Waals surface area (Å²) in [7, 11) is 4.14. The number of para-hydroxylation sites is 1. The number of hydrazine groups is 1. The maximum atomic E-state index is 3.60. The molecule has 33 heavy (non-hydrogen) atoms. The van der Waals surface area contributed by atoms with Crippen LogP contribution in [0.1, 0.15) is 31.0 Å². The fourth-order valence-electron chi connectivity index (χ4n) is 4.18. The van der Waals surface area contributed by atoms with Crippen LogP contribution in [0.15, 0.2) is 96.7 Å². The summed E-state index contributed by atoms with van der Waals surface area (Å²) in [4.78, 5) is 4.49. The van der Waals surface area contributed by atoms with Gasteiger partial charge in [-0.25, -0.2) is 0 Å². The molecule has 0 bridgehead atoms. The van der Waals surface area contributed by atoms with Gasteiger partial charge in [0.2, 0.25) is 0 Å². The summed E-state index contributed by atoms with van der Waals surface area (Å²) in [6, 6.07) is 28.2. The number of anilines is 3. The molecule has 3 aromatic rings. The van der Waals surface area contributed by atoms with Gasteiger partial charge in [0.1, 0.15) is 0 Å². The SMILES string of the molecule is CCN(CC)c1ccc(C=CC2=CC(c3ccc(N(C)C)cc3)N(c3ccccc3)N2)cc1. The van der Waals surface area contributed by atoms with E-state index in [2.05, 4.69) is 145 Å². The number of nitrogens with one attached hydrogen (secondary N) is 1. The van der Waals surface area contributed by atoms with Crippen LogP contribution in [0.3, 0.4) is 0 Å². The third-order valence-electron chi connectivity index (χ3n) is 6.13. The number of allylic oxidation sites excluding steroid dienone is 1. The van der Waals surface area contributed by atoms with E-state index in [1.807, 2.05) is 0 Å². The second-order valence-corrected chi connectivity index (χ2v) is 8.47. The van der Waals surface area contributed by atoms with Crippen molar-refractivity contribution in [2.24, 2.45) is 0 Å². The molecule has 0 spiro atoms. The first-order chi connectivity index (χ1) is 16.1. The number of nitrogens with zero attached hydrogens (tertiary/aromatic N) is 3. The highest BCUT2D eigenvalue weighted by molar-refractivity contribution is 5.60. The Morgan fingerprint density at radius 2 is 1.42 bits per heavy atom. The molecule has 1 heterocycles. The van der Waals surface area contributed by atoms with Crippen molar-refractivity contribution in [3.8, 4) is 0 Å². The van der Waals surface area contributed by atoms with E-state index < -0.39 is 0 Å². The Hall–Kier alpha value is -3.66. The first kappa shape index (κ1) is 22.5. The molecule has 4 rings (SSSR count). The highest BCUT2D eigenvalue weighted by Crippen LogP contribution is 2.33. The van der Waals surface area contributed by atoms with Crippen LogP contribution in [0.2, 0.25) is 0 Å². The fourth-order valence-corrected chi connectivity index (χ4v) is 4.18. The van der Waals surface area contributed by atoms with Crippen LogP contribution in [0, 0.1) is 0 Å². The van der Waals surface area contributed by atoms with Crippen LogP contribution in [0.4, 0.5) is 17.1 Å². The van der Waals surface area contributed by atoms with Gasteiger partial charge < -0.3 is 9.80 Å². The lowest BCUT2D eigenvalue weighted by Crippen LogP contribution is -2.34. The zero-order valence-corrected chi connectivity index (χ0v) is 20.1. The van der Waals surface area contributed by atoms with Crippen LogP contribution >= 0.6 is 0 Å². The first-order valence-corrected chi connectivity index (χ1v) is 11.7. The van der Waals surface area contributed by atoms with Crippen molar-refractivity contribution in [3.05, 3.63) is 108 Å². The van der Waals surface area contributed by atoms with E-state index in [1.54, 1.807) is 0 Å². The van der Waals surface area contributed by atoms with Gasteiger partial charge in [-0.3, -0.25) is 10.4 Å². The van der Waals surface area contributed by atoms with Crippen molar-refractivity contribution in [2.45, 2.75) is 19.9 Å². The van der Waals surface area contributed by atoms with E-state index in [4.69, 9.17) is 0 Å². The molecule has 0 amide bonds. The van der Waals surface area contributed by atoms with Crippen LogP contribution in [0.25, 0.3) is 6.08 Å². The molecule has 1 unspecified atom stereocenters. The molecule has 4 heteroatoms. The van der Waals surface area contributed by atoms with Crippen LogP contribution < -0.4 is 20.2 Å². The molecule has 0 aliphatic carbocycles. The topological polar surface area (TPSA) is 21.8 Å². The first-order valence-electron chi connectivity index (χ1n) is 11.7. The zero-order chi connectivity index (χ0) is 23.2. The summed E-state index contributed by atoms with van der Waals surface area (Å²) in [5.41, 5.74) is 10.8. The fraction of sp³-hybridized carbons (Fsp3) is 0.241. The van der Waals surface area contributed by atoms with Crippen molar-refractivity contribution in [2.75, 3.05) is 42.0 Å². The summed E-state index contributed by atoms with van der Waals surface area (Å²) in [6.07, 6.45) is 6.63. The van der Waals surface area contributed by atoms with Gasteiger partial charge in [0, 0.05) is 38.6 Å². The Morgan fingerprint density at radius 1 is 0.788 bits per heavy atom. The second kappa shape index (κ2) is 10.3. The molecule has 0 aromatic heterocycles. The van der Waals surface area contributed by atoms with Gasteiger partial charge in [0.05, 0.1) is 17.4 Å². The van der Waals surface area contributed by atoms with Gasteiger partial charge in [-0.15, -0.1) is 0 Å². The van der Waals surface area contributed by atoms with E-state index in [0.717, 1.165) is 24.5 Å². The van der Waals surface area contributed by atoms with Crippen LogP contribution in [-0.2, 0) is 0 Å². The minimum absolute atomic E-state index is 0.119. The number of benzene rings is 3. The van der Waals surface area contributed by atoms with E-state index >= 15 is 0 Å². The third-order valence-corrected chi connectivity index (χ3v) is 6.13. The lowest BCUT2D eigenvalue weighted by Gasteiger charge is -2.27. The van der Waals surface area contributed by atoms with Crippen molar-refractivity contribution < 1.29 is 0 Å². The van der Waals surface area contributed by atoms with Gasteiger partial charge in [-0.1, -0.05) is 48.5 Å². The van der Waals surface area contributed by atoms with E-state index in [0.29, 0.717) is 0 Å². The standard InChI is InChI=1S/C29H34N4/c1-5-32(6-2)27-18-13-23(14-19-27)12-17-25-22-29(24-15-20-26(21-16-24)31(3)4)33(30-25)28-10-8-7-9-11-28/h7-22,29-30H,5-6H2,1-4H3. The Balaban J connectivity index is 1.57. The molecule has 1 atom stereocenters. The average Bonchev–Trinajstić information content (AvgIpc) is 3.29. The Bertz CT molecular complexity index is 1080. The highest BCUT2D eigenvalue weighted by Gasteiger charge is 2.25. The average molecular weight is 439 g/mol. The molecular weight excluding hydrogens is 404 g/mol. The molecule has 1 aliphatic rings. The van der Waals surface area contributed by atoms with Gasteiger partial charge in [0.25, 0.3) is 0 Å². The summed E-state index contributed by atoms with van der Waals surface area (Å²) in [5.74, 6) is 0. The lowest BCUT2D eigenvalue weighted by molar-refractivity contribution is 0.709. The van der Waals surface area contributed by atoms with E-state index in [-0.39, 0.29) is 6.04 Å². The molecule has 0 saturated carbocycles. The quantitative estimate of drug-likeness (QED) is 0.448. The number of hydrogen-bond acceptors (Lipinski definition) is 4. The molecule has 1 aliphatic heterocycles. The van der Waals surface area contributed by atoms with Gasteiger partial charge in [0.15, 0.2) is 0 Å². The smallest absolute Gasteiger partial charge is 0.0958 e. The predicted molar refractivity (Wildman–Crippen MR) is 143 cm³/mol. The number of hydrogen-bond donors (Lipinski definition) is 1. The van der Waals surface area contributed by atoms with Crippen molar-refractivity contribution in [1.29, 1.82) is 0 Å². The monoisotopic (exact) mass is 438 g/mol. The van der Waals surface area contributed by atoms with Gasteiger partial charge in [-0.05, 0) is 73.5 Å². The van der Waals surface area contributed by atoms with Gasteiger partial charge >= 0.3 is 0 Å². The van der Waals surface area contributed by atoms with Crippen molar-refractivity contribution in [1.82, 2.24) is 5.43 Å². The van der Waals surface area contributed by atoms with Crippen molar-refractivity contribution in [3.63, 3.8) is 0 Å². The second-order valence-electron chi connectivity index (χ2n) is 8.47. The third kappa shape index (κ3) is 5.23. The Labute approximate surface area is 198 Å². The summed E-state index contributed by atoms with van der Waals surface area (Å²) < 4.78 is 0. The highest BCUT2D eigenvalue weighted by atomic mass is 15.5. The van der Waals surface area contributed by atoms with E-state index in [1.165, 1.54) is 22.5 Å². The van der Waals surface area contributed by atoms with Gasteiger partial charge in [-0.2, -0.15) is 0 Å². The summed E-state index contributed by atoms with van der Waals surface area (Å²) in [5, 5.41) is 2.23. The largest absolute Gasteiger partial charge is 0.378 e. The Morgan fingerprint density at radius 3 is 2.03 bits per heavy atom. The molecular formula is C29H34N4. The lowest BCUT2D eigenvalue weighted by atomic mass is 10.0. The molecule has 1 N–H and O–H groups in total. The molecule has 0 saturated heterocycles. The van der Waals surface area contributed by atoms with E-state index in [9.17, 15) is 0 Å². The Kier molecular flexibility index (Phi) is 7.04. The maximum Gasteiger partial charge on any atom is 0.0958 e. The van der Waals surface area contributed by atoms with Crippen molar-refractivity contribution >= 4 is 23.1 Å². The molecule has 170 valence electrons. The summed E-state index contributed by atoms with van der Waals surface area (Å²) in [6.45, 7) is 6.43. The minimum Gasteiger partial charge on any atom is -0.378 e. The minimum atomic E-state index is 0.119. The normalized spacial score (nSPS) is 15.5.